The van der Waals surface area contributed by atoms with Crippen LogP contribution in [0, 0.1) is 0 Å². The van der Waals surface area contributed by atoms with E-state index >= 15 is 0 Å². The van der Waals surface area contributed by atoms with Crippen molar-refractivity contribution in [1.29, 1.82) is 0 Å². The average Bonchev–Trinajstić information content (AvgIpc) is 3.51. The third kappa shape index (κ3) is 13.3. The molecule has 3 aromatic rings. The molecule has 2 aromatic carbocycles. The lowest BCUT2D eigenvalue weighted by Gasteiger charge is -2.05. The van der Waals surface area contributed by atoms with E-state index < -0.39 is 5.97 Å². The molecule has 0 aliphatic heterocycles. The number of carboxylic acid groups (broad SMARTS) is 1. The van der Waals surface area contributed by atoms with Gasteiger partial charge >= 0.3 is 5.97 Å². The van der Waals surface area contributed by atoms with Crippen molar-refractivity contribution in [2.45, 2.75) is 96.8 Å². The van der Waals surface area contributed by atoms with Gasteiger partial charge in [0.1, 0.15) is 0 Å². The number of rotatable bonds is 21. The fourth-order valence-corrected chi connectivity index (χ4v) is 5.18. The lowest BCUT2D eigenvalue weighted by molar-refractivity contribution is -0.131. The maximum Gasteiger partial charge on any atom is 0.328 e. The van der Waals surface area contributed by atoms with E-state index in [1.165, 1.54) is 83.5 Å². The molecule has 0 saturated carbocycles. The lowest BCUT2D eigenvalue weighted by Crippen LogP contribution is -2.21. The van der Waals surface area contributed by atoms with Crippen LogP contribution in [-0.4, -0.2) is 33.5 Å². The van der Waals surface area contributed by atoms with Crippen molar-refractivity contribution in [3.05, 3.63) is 78.1 Å². The summed E-state index contributed by atoms with van der Waals surface area (Å²) in [6.45, 7) is 2.99. The van der Waals surface area contributed by atoms with Crippen LogP contribution in [0.1, 0.15) is 108 Å². The van der Waals surface area contributed by atoms with Crippen LogP contribution in [0.25, 0.3) is 34.7 Å². The van der Waals surface area contributed by atoms with E-state index in [1.807, 2.05) is 54.6 Å². The fraction of sp³-hybridized carbons (Fsp3) is 0.432. The molecule has 0 aliphatic carbocycles. The molecule has 0 fully saturated rings. The SMILES string of the molecule is CCCCCCCCCCCCCCCCNC(=O)/C=C/c1ccc(-c2nc[nH]c2-c2ccc(/C=C/C(=O)O)cc2)cc1. The van der Waals surface area contributed by atoms with E-state index in [-0.39, 0.29) is 5.91 Å². The molecular weight excluding hydrogens is 534 g/mol. The maximum atomic E-state index is 12.3. The molecule has 0 radical (unpaired) electrons. The zero-order valence-corrected chi connectivity index (χ0v) is 25.8. The van der Waals surface area contributed by atoms with Gasteiger partial charge < -0.3 is 15.4 Å². The second-order valence-corrected chi connectivity index (χ2v) is 11.3. The Bertz CT molecular complexity index is 1270. The highest BCUT2D eigenvalue weighted by Crippen LogP contribution is 2.29. The number of unbranched alkanes of at least 4 members (excludes halogenated alkanes) is 13. The van der Waals surface area contributed by atoms with Gasteiger partial charge in [-0.05, 0) is 29.7 Å². The number of aliphatic carboxylic acids is 1. The summed E-state index contributed by atoms with van der Waals surface area (Å²) in [5, 5.41) is 11.8. The van der Waals surface area contributed by atoms with E-state index in [2.05, 4.69) is 22.2 Å². The van der Waals surface area contributed by atoms with Gasteiger partial charge in [0.2, 0.25) is 5.91 Å². The smallest absolute Gasteiger partial charge is 0.328 e. The number of carbonyl (C=O) groups is 2. The lowest BCUT2D eigenvalue weighted by atomic mass is 10.0. The Morgan fingerprint density at radius 3 is 1.72 bits per heavy atom. The molecular formula is C37H49N3O3. The number of aromatic nitrogens is 2. The number of amides is 1. The highest BCUT2D eigenvalue weighted by molar-refractivity contribution is 5.91. The number of nitrogens with zero attached hydrogens (tertiary/aromatic N) is 1. The number of aromatic amines is 1. The predicted molar refractivity (Wildman–Crippen MR) is 178 cm³/mol. The van der Waals surface area contributed by atoms with Crippen molar-refractivity contribution in [1.82, 2.24) is 15.3 Å². The van der Waals surface area contributed by atoms with Gasteiger partial charge in [0, 0.05) is 29.8 Å². The molecule has 0 atom stereocenters. The molecule has 0 saturated heterocycles. The zero-order chi connectivity index (χ0) is 30.5. The highest BCUT2D eigenvalue weighted by Gasteiger charge is 2.10. The number of imidazole rings is 1. The summed E-state index contributed by atoms with van der Waals surface area (Å²) in [7, 11) is 0. The minimum absolute atomic E-state index is 0.0602. The molecule has 0 aliphatic rings. The van der Waals surface area contributed by atoms with E-state index in [0.29, 0.717) is 0 Å². The van der Waals surface area contributed by atoms with Gasteiger partial charge in [-0.3, -0.25) is 4.79 Å². The zero-order valence-electron chi connectivity index (χ0n) is 25.8. The van der Waals surface area contributed by atoms with Crippen LogP contribution in [0.3, 0.4) is 0 Å². The third-order valence-corrected chi connectivity index (χ3v) is 7.70. The number of carbonyl (C=O) groups excluding carboxylic acids is 1. The summed E-state index contributed by atoms with van der Waals surface area (Å²) in [5.41, 5.74) is 5.40. The number of nitrogens with one attached hydrogen (secondary N) is 2. The van der Waals surface area contributed by atoms with Gasteiger partial charge in [-0.2, -0.15) is 0 Å². The molecule has 43 heavy (non-hydrogen) atoms. The Morgan fingerprint density at radius 2 is 1.19 bits per heavy atom. The van der Waals surface area contributed by atoms with Gasteiger partial charge in [0.05, 0.1) is 17.7 Å². The van der Waals surface area contributed by atoms with E-state index in [1.54, 1.807) is 18.5 Å². The summed E-state index contributed by atoms with van der Waals surface area (Å²) in [6, 6.07) is 15.6. The van der Waals surface area contributed by atoms with Gasteiger partial charge in [-0.25, -0.2) is 9.78 Å². The molecule has 3 N–H and O–H groups in total. The summed E-state index contributed by atoms with van der Waals surface area (Å²) in [5.74, 6) is -1.03. The first-order chi connectivity index (χ1) is 21.1. The van der Waals surface area contributed by atoms with Crippen molar-refractivity contribution in [3.63, 3.8) is 0 Å². The fourth-order valence-electron chi connectivity index (χ4n) is 5.18. The Labute approximate surface area is 257 Å². The van der Waals surface area contributed by atoms with Crippen molar-refractivity contribution >= 4 is 24.0 Å². The maximum absolute atomic E-state index is 12.3. The number of hydrogen-bond donors (Lipinski definition) is 3. The molecule has 230 valence electrons. The number of carboxylic acids is 1. The molecule has 3 rings (SSSR count). The summed E-state index contributed by atoms with van der Waals surface area (Å²) < 4.78 is 0. The first-order valence-electron chi connectivity index (χ1n) is 16.2. The van der Waals surface area contributed by atoms with Crippen LogP contribution in [0.4, 0.5) is 0 Å². The average molecular weight is 584 g/mol. The quantitative estimate of drug-likeness (QED) is 0.0860. The molecule has 6 nitrogen and oxygen atoms in total. The minimum Gasteiger partial charge on any atom is -0.478 e. The standard InChI is InChI=1S/C37H49N3O3/c1-2-3-4-5-6-7-8-9-10-11-12-13-14-15-28-38-34(41)26-20-30-16-22-32(23-17-30)36-37(40-29-39-36)33-24-18-31(19-25-33)21-27-35(42)43/h16-27,29H,2-15,28H2,1H3,(H,38,41)(H,39,40)(H,42,43)/b26-20+,27-21+. The van der Waals surface area contributed by atoms with Crippen molar-refractivity contribution in [2.24, 2.45) is 0 Å². The number of H-pyrrole nitrogens is 1. The van der Waals surface area contributed by atoms with Crippen LogP contribution in [0.15, 0.2) is 67.0 Å². The molecule has 1 aromatic heterocycles. The first-order valence-corrected chi connectivity index (χ1v) is 16.2. The normalized spacial score (nSPS) is 11.5. The second-order valence-electron chi connectivity index (χ2n) is 11.3. The van der Waals surface area contributed by atoms with Gasteiger partial charge in [-0.1, -0.05) is 139 Å². The molecule has 0 spiro atoms. The molecule has 1 amide bonds. The summed E-state index contributed by atoms with van der Waals surface area (Å²) in [6.07, 6.45) is 26.4. The summed E-state index contributed by atoms with van der Waals surface area (Å²) in [4.78, 5) is 30.7. The Balaban J connectivity index is 1.31. The van der Waals surface area contributed by atoms with E-state index in [9.17, 15) is 9.59 Å². The highest BCUT2D eigenvalue weighted by atomic mass is 16.4. The third-order valence-electron chi connectivity index (χ3n) is 7.70. The second kappa shape index (κ2) is 20.1. The van der Waals surface area contributed by atoms with E-state index in [0.717, 1.165) is 52.7 Å². The van der Waals surface area contributed by atoms with Gasteiger partial charge in [0.25, 0.3) is 0 Å². The largest absolute Gasteiger partial charge is 0.478 e. The van der Waals surface area contributed by atoms with Crippen molar-refractivity contribution in [2.75, 3.05) is 6.54 Å². The monoisotopic (exact) mass is 583 g/mol. The van der Waals surface area contributed by atoms with Crippen LogP contribution < -0.4 is 5.32 Å². The van der Waals surface area contributed by atoms with Crippen LogP contribution in [0.2, 0.25) is 0 Å². The van der Waals surface area contributed by atoms with Gasteiger partial charge in [0.15, 0.2) is 0 Å². The van der Waals surface area contributed by atoms with Crippen LogP contribution in [-0.2, 0) is 9.59 Å². The predicted octanol–water partition coefficient (Wildman–Crippen LogP) is 9.45. The van der Waals surface area contributed by atoms with E-state index in [4.69, 9.17) is 5.11 Å². The first kappa shape index (κ1) is 33.6. The molecule has 1 heterocycles. The number of benzene rings is 2. The molecule has 0 unspecified atom stereocenters. The Hall–Kier alpha value is -3.93. The summed E-state index contributed by atoms with van der Waals surface area (Å²) >= 11 is 0. The number of hydrogen-bond acceptors (Lipinski definition) is 3. The molecule has 0 bridgehead atoms. The van der Waals surface area contributed by atoms with Crippen molar-refractivity contribution in [3.8, 4) is 22.5 Å². The van der Waals surface area contributed by atoms with Crippen LogP contribution >= 0.6 is 0 Å². The minimum atomic E-state index is -0.973. The Kier molecular flexibility index (Phi) is 15.7. The Morgan fingerprint density at radius 1 is 0.698 bits per heavy atom. The van der Waals surface area contributed by atoms with Crippen molar-refractivity contribution < 1.29 is 14.7 Å². The molecule has 6 heteroatoms. The van der Waals surface area contributed by atoms with Crippen LogP contribution in [0.5, 0.6) is 0 Å². The topological polar surface area (TPSA) is 95.1 Å². The van der Waals surface area contributed by atoms with Gasteiger partial charge in [-0.15, -0.1) is 0 Å².